The quantitative estimate of drug-likeness (QED) is 0.617. The van der Waals surface area contributed by atoms with Gasteiger partial charge in [0, 0.05) is 0 Å². The highest BCUT2D eigenvalue weighted by Gasteiger charge is 2.12. The van der Waals surface area contributed by atoms with Gasteiger partial charge in [-0.3, -0.25) is 4.99 Å². The topological polar surface area (TPSA) is 46.5 Å². The number of benzene rings is 1. The van der Waals surface area contributed by atoms with Crippen molar-refractivity contribution in [3.8, 4) is 0 Å². The van der Waals surface area contributed by atoms with Crippen LogP contribution in [0, 0.1) is 6.92 Å². The maximum absolute atomic E-state index is 11.8. The molecule has 5 heteroatoms. The number of hydrogen-bond donors (Lipinski definition) is 0. The molecule has 1 aromatic rings. The minimum absolute atomic E-state index is 0.178. The second-order valence-electron chi connectivity index (χ2n) is 3.44. The number of aliphatic imine (C=N–C) groups is 1. The summed E-state index contributed by atoms with van der Waals surface area (Å²) in [5.74, 6) is -0.178. The number of rotatable bonds is 3. The smallest absolute Gasteiger partial charge is 0.198 e. The van der Waals surface area contributed by atoms with E-state index in [9.17, 15) is 8.42 Å². The molecule has 0 aliphatic rings. The standard InChI is InChI=1S/C11H15NO2S2/c1-9-4-6-11(7-5-9)16(13,14)8-12-10(2)15-3/h4-7H,8H2,1-3H3/b12-10-. The first-order valence-corrected chi connectivity index (χ1v) is 7.68. The molecular weight excluding hydrogens is 242 g/mol. The molecule has 0 spiro atoms. The Morgan fingerprint density at radius 3 is 2.38 bits per heavy atom. The zero-order valence-corrected chi connectivity index (χ0v) is 11.2. The van der Waals surface area contributed by atoms with E-state index in [-0.39, 0.29) is 5.88 Å². The number of sulfone groups is 1. The van der Waals surface area contributed by atoms with E-state index >= 15 is 0 Å². The molecule has 0 radical (unpaired) electrons. The molecule has 1 rings (SSSR count). The van der Waals surface area contributed by atoms with Gasteiger partial charge in [-0.05, 0) is 32.2 Å². The zero-order valence-electron chi connectivity index (χ0n) is 9.60. The van der Waals surface area contributed by atoms with Gasteiger partial charge in [0.15, 0.2) is 9.84 Å². The number of hydrogen-bond acceptors (Lipinski definition) is 4. The van der Waals surface area contributed by atoms with E-state index in [4.69, 9.17) is 0 Å². The fourth-order valence-electron chi connectivity index (χ4n) is 1.06. The van der Waals surface area contributed by atoms with Gasteiger partial charge in [0.05, 0.1) is 9.94 Å². The molecule has 16 heavy (non-hydrogen) atoms. The average molecular weight is 257 g/mol. The third kappa shape index (κ3) is 3.64. The fourth-order valence-corrected chi connectivity index (χ4v) is 2.40. The Morgan fingerprint density at radius 2 is 1.88 bits per heavy atom. The molecule has 0 N–H and O–H groups in total. The van der Waals surface area contributed by atoms with Crippen LogP contribution in [0.2, 0.25) is 0 Å². The molecule has 0 aromatic heterocycles. The lowest BCUT2D eigenvalue weighted by Crippen LogP contribution is -2.05. The fraction of sp³-hybridized carbons (Fsp3) is 0.364. The molecule has 0 bridgehead atoms. The average Bonchev–Trinajstić information content (AvgIpc) is 2.26. The lowest BCUT2D eigenvalue weighted by atomic mass is 10.2. The second-order valence-corrected chi connectivity index (χ2v) is 6.40. The molecular formula is C11H15NO2S2. The summed E-state index contributed by atoms with van der Waals surface area (Å²) >= 11 is 1.45. The molecule has 0 unspecified atom stereocenters. The number of thioether (sulfide) groups is 1. The molecule has 0 aliphatic heterocycles. The van der Waals surface area contributed by atoms with Gasteiger partial charge in [0.25, 0.3) is 0 Å². The molecule has 88 valence electrons. The SMILES string of the molecule is CS/C(C)=N\CS(=O)(=O)c1ccc(C)cc1. The summed E-state index contributed by atoms with van der Waals surface area (Å²) in [6, 6.07) is 6.82. The van der Waals surface area contributed by atoms with E-state index in [1.165, 1.54) is 11.8 Å². The summed E-state index contributed by atoms with van der Waals surface area (Å²) < 4.78 is 23.7. The molecule has 0 saturated heterocycles. The predicted octanol–water partition coefficient (Wildman–Crippen LogP) is 2.51. The van der Waals surface area contributed by atoms with E-state index in [1.807, 2.05) is 13.2 Å². The zero-order chi connectivity index (χ0) is 12.2. The van der Waals surface area contributed by atoms with Crippen LogP contribution in [0.4, 0.5) is 0 Å². The van der Waals surface area contributed by atoms with Gasteiger partial charge in [-0.1, -0.05) is 17.7 Å². The molecule has 1 aromatic carbocycles. The minimum Gasteiger partial charge on any atom is -0.267 e. The maximum Gasteiger partial charge on any atom is 0.198 e. The van der Waals surface area contributed by atoms with Gasteiger partial charge in [-0.25, -0.2) is 8.42 Å². The molecule has 0 atom stereocenters. The van der Waals surface area contributed by atoms with Crippen molar-refractivity contribution in [2.24, 2.45) is 4.99 Å². The first-order chi connectivity index (χ1) is 7.45. The second kappa shape index (κ2) is 5.50. The lowest BCUT2D eigenvalue weighted by molar-refractivity contribution is 0.596. The normalized spacial score (nSPS) is 12.8. The van der Waals surface area contributed by atoms with Crippen LogP contribution < -0.4 is 0 Å². The largest absolute Gasteiger partial charge is 0.267 e. The van der Waals surface area contributed by atoms with Crippen LogP contribution in [-0.2, 0) is 9.84 Å². The minimum atomic E-state index is -3.28. The van der Waals surface area contributed by atoms with E-state index in [1.54, 1.807) is 31.2 Å². The van der Waals surface area contributed by atoms with Gasteiger partial charge in [0.2, 0.25) is 0 Å². The molecule has 0 amide bonds. The Morgan fingerprint density at radius 1 is 1.31 bits per heavy atom. The van der Waals surface area contributed by atoms with Crippen LogP contribution in [0.15, 0.2) is 34.2 Å². The van der Waals surface area contributed by atoms with Crippen LogP contribution in [-0.4, -0.2) is 25.6 Å². The Hall–Kier alpha value is -0.810. The molecule has 0 heterocycles. The highest BCUT2D eigenvalue weighted by molar-refractivity contribution is 8.13. The van der Waals surface area contributed by atoms with Crippen LogP contribution in [0.1, 0.15) is 12.5 Å². The van der Waals surface area contributed by atoms with Gasteiger partial charge in [-0.15, -0.1) is 11.8 Å². The van der Waals surface area contributed by atoms with Crippen molar-refractivity contribution in [1.29, 1.82) is 0 Å². The van der Waals surface area contributed by atoms with Crippen LogP contribution >= 0.6 is 11.8 Å². The van der Waals surface area contributed by atoms with Crippen molar-refractivity contribution < 1.29 is 8.42 Å². The van der Waals surface area contributed by atoms with Gasteiger partial charge < -0.3 is 0 Å². The third-order valence-corrected chi connectivity index (χ3v) is 4.31. The molecule has 0 saturated carbocycles. The van der Waals surface area contributed by atoms with Gasteiger partial charge >= 0.3 is 0 Å². The van der Waals surface area contributed by atoms with Crippen molar-refractivity contribution in [1.82, 2.24) is 0 Å². The number of aryl methyl sites for hydroxylation is 1. The highest BCUT2D eigenvalue weighted by Crippen LogP contribution is 2.12. The summed E-state index contributed by atoms with van der Waals surface area (Å²) in [5, 5.41) is 0.774. The Kier molecular flexibility index (Phi) is 4.56. The van der Waals surface area contributed by atoms with Gasteiger partial charge in [0.1, 0.15) is 5.88 Å². The number of nitrogens with zero attached hydrogens (tertiary/aromatic N) is 1. The van der Waals surface area contributed by atoms with Crippen molar-refractivity contribution in [3.63, 3.8) is 0 Å². The Labute approximate surface area is 101 Å². The Balaban J connectivity index is 2.91. The van der Waals surface area contributed by atoms with Crippen molar-refractivity contribution >= 4 is 26.6 Å². The van der Waals surface area contributed by atoms with E-state index in [0.29, 0.717) is 4.90 Å². The van der Waals surface area contributed by atoms with E-state index in [0.717, 1.165) is 10.6 Å². The predicted molar refractivity (Wildman–Crippen MR) is 69.9 cm³/mol. The summed E-state index contributed by atoms with van der Waals surface area (Å²) in [7, 11) is -3.28. The molecule has 0 fully saturated rings. The first-order valence-electron chi connectivity index (χ1n) is 4.80. The van der Waals surface area contributed by atoms with Crippen molar-refractivity contribution in [3.05, 3.63) is 29.8 Å². The first kappa shape index (κ1) is 13.3. The van der Waals surface area contributed by atoms with Crippen LogP contribution in [0.5, 0.6) is 0 Å². The summed E-state index contributed by atoms with van der Waals surface area (Å²) in [6.07, 6.45) is 1.87. The highest BCUT2D eigenvalue weighted by atomic mass is 32.2. The monoisotopic (exact) mass is 257 g/mol. The summed E-state index contributed by atoms with van der Waals surface area (Å²) in [6.45, 7) is 3.72. The summed E-state index contributed by atoms with van der Waals surface area (Å²) in [5.41, 5.74) is 1.04. The van der Waals surface area contributed by atoms with E-state index < -0.39 is 9.84 Å². The third-order valence-electron chi connectivity index (χ3n) is 2.13. The van der Waals surface area contributed by atoms with Crippen molar-refractivity contribution in [2.75, 3.05) is 12.1 Å². The van der Waals surface area contributed by atoms with E-state index in [2.05, 4.69) is 4.99 Å². The van der Waals surface area contributed by atoms with Crippen molar-refractivity contribution in [2.45, 2.75) is 18.7 Å². The Bertz CT molecular complexity index is 475. The van der Waals surface area contributed by atoms with Crippen LogP contribution in [0.25, 0.3) is 0 Å². The molecule has 3 nitrogen and oxygen atoms in total. The summed E-state index contributed by atoms with van der Waals surface area (Å²) in [4.78, 5) is 4.33. The molecule has 0 aliphatic carbocycles. The lowest BCUT2D eigenvalue weighted by Gasteiger charge is -2.02. The van der Waals surface area contributed by atoms with Gasteiger partial charge in [-0.2, -0.15) is 0 Å². The van der Waals surface area contributed by atoms with Crippen LogP contribution in [0.3, 0.4) is 0 Å². The maximum atomic E-state index is 11.8.